The Hall–Kier alpha value is -7.46. The third-order valence-electron chi connectivity index (χ3n) is 10.4. The number of rotatable bonds is 9. The number of hydrogen-bond donors (Lipinski definition) is 0. The van der Waals surface area contributed by atoms with Gasteiger partial charge < -0.3 is 9.47 Å². The molecule has 0 atom stereocenters. The number of esters is 2. The van der Waals surface area contributed by atoms with Crippen LogP contribution in [0.3, 0.4) is 0 Å². The van der Waals surface area contributed by atoms with Gasteiger partial charge in [-0.2, -0.15) is 0 Å². The van der Waals surface area contributed by atoms with E-state index in [4.69, 9.17) is 9.47 Å². The standard InChI is InChI=1S/C46H32N2O8/c1-3-46(2,30-16-24-34(25-17-30)55-44(53)28-12-20-32(21-13-28)47-40(49)36-8-4-5-9-37(36)41(47)50)31-18-26-35(27-19-31)56-45(54)29-14-22-33(23-15-29)48-42(51)38-10-6-7-11-39(38)43(48)52/h4-27H,3H2,1-2H3. The zero-order valence-electron chi connectivity index (χ0n) is 30.2. The SMILES string of the molecule is CCC(C)(c1ccc(OC(=O)c2ccc(N3C(=O)c4ccccc4C3=O)cc2)cc1)c1ccc(OC(=O)c2ccc(N3C(=O)c4ccccc4C3=O)cc2)cc1. The molecule has 6 aromatic carbocycles. The van der Waals surface area contributed by atoms with Crippen molar-refractivity contribution in [3.63, 3.8) is 0 Å². The first kappa shape index (κ1) is 35.6. The topological polar surface area (TPSA) is 127 Å². The number of carbonyl (C=O) groups is 6. The van der Waals surface area contributed by atoms with Gasteiger partial charge in [0.1, 0.15) is 11.5 Å². The van der Waals surface area contributed by atoms with Gasteiger partial charge in [-0.1, -0.05) is 62.4 Å². The maximum absolute atomic E-state index is 13.0. The number of carbonyl (C=O) groups excluding carboxylic acids is 6. The Bertz CT molecular complexity index is 2330. The molecule has 0 N–H and O–H groups in total. The first-order valence-electron chi connectivity index (χ1n) is 17.9. The lowest BCUT2D eigenvalue weighted by atomic mass is 9.74. The second kappa shape index (κ2) is 14.1. The summed E-state index contributed by atoms with van der Waals surface area (Å²) in [6.07, 6.45) is 0.740. The number of nitrogens with zero attached hydrogens (tertiary/aromatic N) is 2. The molecule has 6 aromatic rings. The van der Waals surface area contributed by atoms with Crippen LogP contribution in [0.5, 0.6) is 11.5 Å². The van der Waals surface area contributed by atoms with Gasteiger partial charge in [0.25, 0.3) is 23.6 Å². The third-order valence-corrected chi connectivity index (χ3v) is 10.4. The zero-order chi connectivity index (χ0) is 39.1. The second-order valence-corrected chi connectivity index (χ2v) is 13.6. The number of ether oxygens (including phenoxy) is 2. The smallest absolute Gasteiger partial charge is 0.343 e. The van der Waals surface area contributed by atoms with Crippen LogP contribution < -0.4 is 19.3 Å². The van der Waals surface area contributed by atoms with Gasteiger partial charge in [-0.15, -0.1) is 0 Å². The normalized spacial score (nSPS) is 13.5. The van der Waals surface area contributed by atoms with E-state index in [1.54, 1.807) is 97.1 Å². The molecule has 0 saturated carbocycles. The highest BCUT2D eigenvalue weighted by atomic mass is 16.5. The lowest BCUT2D eigenvalue weighted by molar-refractivity contribution is 0.0725. The Morgan fingerprint density at radius 1 is 0.464 bits per heavy atom. The van der Waals surface area contributed by atoms with E-state index in [1.165, 1.54) is 24.3 Å². The number of hydrogen-bond acceptors (Lipinski definition) is 8. The van der Waals surface area contributed by atoms with Gasteiger partial charge in [0, 0.05) is 5.41 Å². The first-order chi connectivity index (χ1) is 27.1. The minimum absolute atomic E-state index is 0.257. The molecule has 10 nitrogen and oxygen atoms in total. The van der Waals surface area contributed by atoms with Gasteiger partial charge in [0.05, 0.1) is 44.8 Å². The molecule has 56 heavy (non-hydrogen) atoms. The van der Waals surface area contributed by atoms with Crippen LogP contribution >= 0.6 is 0 Å². The highest BCUT2D eigenvalue weighted by Gasteiger charge is 2.37. The summed E-state index contributed by atoms with van der Waals surface area (Å²) in [5.41, 5.74) is 4.12. The number of anilines is 2. The largest absolute Gasteiger partial charge is 0.423 e. The van der Waals surface area contributed by atoms with E-state index in [0.29, 0.717) is 45.1 Å². The van der Waals surface area contributed by atoms with Crippen LogP contribution in [-0.4, -0.2) is 35.6 Å². The molecule has 274 valence electrons. The molecule has 0 fully saturated rings. The van der Waals surface area contributed by atoms with Crippen LogP contribution in [0.2, 0.25) is 0 Å². The van der Waals surface area contributed by atoms with Crippen LogP contribution in [0.1, 0.15) is 93.5 Å². The van der Waals surface area contributed by atoms with Gasteiger partial charge >= 0.3 is 11.9 Å². The second-order valence-electron chi connectivity index (χ2n) is 13.6. The molecule has 10 heteroatoms. The minimum Gasteiger partial charge on any atom is -0.423 e. The van der Waals surface area contributed by atoms with Crippen LogP contribution in [0.15, 0.2) is 146 Å². The average molecular weight is 741 g/mol. The van der Waals surface area contributed by atoms with Crippen molar-refractivity contribution in [2.75, 3.05) is 9.80 Å². The zero-order valence-corrected chi connectivity index (χ0v) is 30.2. The molecule has 0 radical (unpaired) electrons. The summed E-state index contributed by atoms with van der Waals surface area (Å²) in [6.45, 7) is 4.17. The van der Waals surface area contributed by atoms with Crippen molar-refractivity contribution in [3.8, 4) is 11.5 Å². The maximum Gasteiger partial charge on any atom is 0.343 e. The molecule has 0 saturated heterocycles. The van der Waals surface area contributed by atoms with Gasteiger partial charge in [0.2, 0.25) is 0 Å². The summed E-state index contributed by atoms with van der Waals surface area (Å²) in [7, 11) is 0. The van der Waals surface area contributed by atoms with Crippen molar-refractivity contribution < 1.29 is 38.2 Å². The van der Waals surface area contributed by atoms with E-state index in [1.807, 2.05) is 24.3 Å². The fourth-order valence-electron chi connectivity index (χ4n) is 7.03. The molecular formula is C46H32N2O8. The number of imide groups is 2. The Kier molecular flexibility index (Phi) is 8.94. The lowest BCUT2D eigenvalue weighted by Gasteiger charge is -2.30. The predicted octanol–water partition coefficient (Wildman–Crippen LogP) is 8.44. The van der Waals surface area contributed by atoms with E-state index < -0.39 is 41.0 Å². The molecule has 2 aliphatic rings. The molecule has 2 aliphatic heterocycles. The molecular weight excluding hydrogens is 709 g/mol. The van der Waals surface area contributed by atoms with Crippen molar-refractivity contribution in [1.29, 1.82) is 0 Å². The monoisotopic (exact) mass is 740 g/mol. The van der Waals surface area contributed by atoms with Gasteiger partial charge in [-0.25, -0.2) is 19.4 Å². The Labute approximate surface area is 321 Å². The van der Waals surface area contributed by atoms with Crippen LogP contribution in [0.4, 0.5) is 11.4 Å². The summed E-state index contributed by atoms with van der Waals surface area (Å²) in [6, 6.07) is 40.0. The minimum atomic E-state index is -0.589. The van der Waals surface area contributed by atoms with Crippen LogP contribution in [0, 0.1) is 0 Å². The average Bonchev–Trinajstić information content (AvgIpc) is 3.64. The Morgan fingerprint density at radius 2 is 0.768 bits per heavy atom. The van der Waals surface area contributed by atoms with Gasteiger partial charge in [0.15, 0.2) is 0 Å². The van der Waals surface area contributed by atoms with E-state index in [2.05, 4.69) is 13.8 Å². The van der Waals surface area contributed by atoms with E-state index in [9.17, 15) is 28.8 Å². The molecule has 0 unspecified atom stereocenters. The quantitative estimate of drug-likeness (QED) is 0.0821. The van der Waals surface area contributed by atoms with Crippen molar-refractivity contribution in [1.82, 2.24) is 0 Å². The number of fused-ring (bicyclic) bond motifs is 2. The molecule has 2 heterocycles. The highest BCUT2D eigenvalue weighted by molar-refractivity contribution is 6.35. The number of amides is 4. The molecule has 0 aromatic heterocycles. The summed E-state index contributed by atoms with van der Waals surface area (Å²) < 4.78 is 11.3. The first-order valence-corrected chi connectivity index (χ1v) is 17.9. The molecule has 0 spiro atoms. The van der Waals surface area contributed by atoms with Crippen LogP contribution in [-0.2, 0) is 5.41 Å². The lowest BCUT2D eigenvalue weighted by Crippen LogP contribution is -2.29. The Morgan fingerprint density at radius 3 is 1.05 bits per heavy atom. The molecule has 8 rings (SSSR count). The fourth-order valence-corrected chi connectivity index (χ4v) is 7.03. The molecule has 4 amide bonds. The summed E-state index contributed by atoms with van der Waals surface area (Å²) in [5, 5.41) is 0. The highest BCUT2D eigenvalue weighted by Crippen LogP contribution is 2.37. The molecule has 0 bridgehead atoms. The van der Waals surface area contributed by atoms with Gasteiger partial charge in [-0.05, 0) is 115 Å². The van der Waals surface area contributed by atoms with Crippen molar-refractivity contribution in [2.24, 2.45) is 0 Å². The third kappa shape index (κ3) is 6.12. The summed E-state index contributed by atoms with van der Waals surface area (Å²) in [4.78, 5) is 79.6. The summed E-state index contributed by atoms with van der Waals surface area (Å²) >= 11 is 0. The number of benzene rings is 6. The predicted molar refractivity (Wildman–Crippen MR) is 208 cm³/mol. The van der Waals surface area contributed by atoms with E-state index in [0.717, 1.165) is 27.3 Å². The molecule has 0 aliphatic carbocycles. The van der Waals surface area contributed by atoms with Crippen molar-refractivity contribution in [3.05, 3.63) is 190 Å². The van der Waals surface area contributed by atoms with Gasteiger partial charge in [-0.3, -0.25) is 19.2 Å². The summed E-state index contributed by atoms with van der Waals surface area (Å²) in [5.74, 6) is -2.14. The van der Waals surface area contributed by atoms with Crippen LogP contribution in [0.25, 0.3) is 0 Å². The Balaban J connectivity index is 0.892. The van der Waals surface area contributed by atoms with E-state index >= 15 is 0 Å². The van der Waals surface area contributed by atoms with Crippen molar-refractivity contribution >= 4 is 46.9 Å². The van der Waals surface area contributed by atoms with E-state index in [-0.39, 0.29) is 11.1 Å². The van der Waals surface area contributed by atoms with Crippen molar-refractivity contribution in [2.45, 2.75) is 25.7 Å². The fraction of sp³-hybridized carbons (Fsp3) is 0.0870. The maximum atomic E-state index is 13.0.